The second-order valence-corrected chi connectivity index (χ2v) is 6.77. The van der Waals surface area contributed by atoms with Crippen LogP contribution in [0.15, 0.2) is 42.5 Å². The van der Waals surface area contributed by atoms with Crippen LogP contribution in [0.4, 0.5) is 13.2 Å². The Balaban J connectivity index is 1.62. The molecule has 1 saturated heterocycles. The third-order valence-corrected chi connectivity index (χ3v) is 4.64. The van der Waals surface area contributed by atoms with E-state index in [0.29, 0.717) is 31.2 Å². The van der Waals surface area contributed by atoms with Gasteiger partial charge in [-0.15, -0.1) is 0 Å². The fraction of sp³-hybridized carbons (Fsp3) is 0.350. The quantitative estimate of drug-likeness (QED) is 0.884. The van der Waals surface area contributed by atoms with Gasteiger partial charge in [-0.3, -0.25) is 4.79 Å². The number of hydrogen-bond acceptors (Lipinski definition) is 3. The molecule has 1 fully saturated rings. The molecular weight excluding hydrogens is 359 g/mol. The smallest absolute Gasteiger partial charge is 0.254 e. The minimum absolute atomic E-state index is 0.00918. The molecule has 3 rings (SSSR count). The number of ether oxygens (including phenoxy) is 1. The number of rotatable bonds is 4. The van der Waals surface area contributed by atoms with Crippen molar-refractivity contribution in [2.75, 3.05) is 19.7 Å². The largest absolute Gasteiger partial charge is 0.491 e. The summed E-state index contributed by atoms with van der Waals surface area (Å²) in [5.74, 6) is -2.03. The zero-order valence-corrected chi connectivity index (χ0v) is 14.6. The SMILES string of the molecule is O=C(c1cc(F)cc(F)c1)N1CCCC(O)(COc2ccc(F)cc2)CC1. The van der Waals surface area contributed by atoms with Gasteiger partial charge in [0.2, 0.25) is 0 Å². The van der Waals surface area contributed by atoms with Gasteiger partial charge in [0.05, 0.1) is 0 Å². The van der Waals surface area contributed by atoms with E-state index in [1.54, 1.807) is 0 Å². The van der Waals surface area contributed by atoms with Crippen molar-refractivity contribution in [1.82, 2.24) is 4.90 Å². The summed E-state index contributed by atoms with van der Waals surface area (Å²) in [6.07, 6.45) is 1.19. The maximum Gasteiger partial charge on any atom is 0.254 e. The number of amides is 1. The number of carbonyl (C=O) groups is 1. The molecule has 7 heteroatoms. The van der Waals surface area contributed by atoms with Gasteiger partial charge in [0, 0.05) is 24.7 Å². The molecule has 1 amide bonds. The number of carbonyl (C=O) groups excluding carboxylic acids is 1. The fourth-order valence-corrected chi connectivity index (χ4v) is 3.13. The Bertz CT molecular complexity index is 792. The first-order chi connectivity index (χ1) is 12.8. The molecule has 2 aromatic carbocycles. The van der Waals surface area contributed by atoms with Crippen LogP contribution in [0.5, 0.6) is 5.75 Å². The summed E-state index contributed by atoms with van der Waals surface area (Å²) in [5, 5.41) is 10.8. The van der Waals surface area contributed by atoms with Crippen molar-refractivity contribution in [3.8, 4) is 5.75 Å². The maximum absolute atomic E-state index is 13.4. The summed E-state index contributed by atoms with van der Waals surface area (Å²) in [6.45, 7) is 0.616. The summed E-state index contributed by atoms with van der Waals surface area (Å²) in [6, 6.07) is 8.20. The minimum atomic E-state index is -1.14. The van der Waals surface area contributed by atoms with E-state index in [-0.39, 0.29) is 31.0 Å². The van der Waals surface area contributed by atoms with Gasteiger partial charge >= 0.3 is 0 Å². The molecule has 1 heterocycles. The van der Waals surface area contributed by atoms with Crippen molar-refractivity contribution in [1.29, 1.82) is 0 Å². The first-order valence-electron chi connectivity index (χ1n) is 8.71. The fourth-order valence-electron chi connectivity index (χ4n) is 3.13. The zero-order valence-electron chi connectivity index (χ0n) is 14.6. The second kappa shape index (κ2) is 8.00. The highest BCUT2D eigenvalue weighted by Crippen LogP contribution is 2.25. The molecule has 0 bridgehead atoms. The van der Waals surface area contributed by atoms with Crippen molar-refractivity contribution < 1.29 is 27.8 Å². The Hall–Kier alpha value is -2.54. The van der Waals surface area contributed by atoms with Gasteiger partial charge in [-0.05, 0) is 55.7 Å². The molecule has 27 heavy (non-hydrogen) atoms. The third kappa shape index (κ3) is 5.01. The van der Waals surface area contributed by atoms with E-state index in [4.69, 9.17) is 4.74 Å². The summed E-state index contributed by atoms with van der Waals surface area (Å²) in [7, 11) is 0. The van der Waals surface area contributed by atoms with E-state index >= 15 is 0 Å². The van der Waals surface area contributed by atoms with Crippen LogP contribution in [0.2, 0.25) is 0 Å². The van der Waals surface area contributed by atoms with Crippen LogP contribution < -0.4 is 4.74 Å². The first kappa shape index (κ1) is 19.2. The van der Waals surface area contributed by atoms with Gasteiger partial charge in [0.1, 0.15) is 35.4 Å². The van der Waals surface area contributed by atoms with E-state index < -0.39 is 23.1 Å². The number of hydrogen-bond donors (Lipinski definition) is 1. The molecule has 1 unspecified atom stereocenters. The van der Waals surface area contributed by atoms with Gasteiger partial charge in [0.15, 0.2) is 0 Å². The summed E-state index contributed by atoms with van der Waals surface area (Å²) < 4.78 is 45.2. The number of likely N-dealkylation sites (tertiary alicyclic amines) is 1. The molecule has 144 valence electrons. The van der Waals surface area contributed by atoms with Gasteiger partial charge in [0.25, 0.3) is 5.91 Å². The molecule has 1 aliphatic heterocycles. The van der Waals surface area contributed by atoms with Gasteiger partial charge in [-0.25, -0.2) is 13.2 Å². The van der Waals surface area contributed by atoms with Gasteiger partial charge in [-0.1, -0.05) is 0 Å². The molecular formula is C20H20F3NO3. The highest BCUT2D eigenvalue weighted by molar-refractivity contribution is 5.94. The molecule has 0 radical (unpaired) electrons. The molecule has 0 spiro atoms. The molecule has 0 aliphatic carbocycles. The zero-order chi connectivity index (χ0) is 19.4. The monoisotopic (exact) mass is 379 g/mol. The predicted molar refractivity (Wildman–Crippen MR) is 93.0 cm³/mol. The average molecular weight is 379 g/mol. The number of aliphatic hydroxyl groups is 1. The van der Waals surface area contributed by atoms with Crippen LogP contribution in [0.3, 0.4) is 0 Å². The molecule has 1 atom stereocenters. The number of nitrogens with zero attached hydrogens (tertiary/aromatic N) is 1. The standard InChI is InChI=1S/C20H20F3NO3/c21-15-2-4-18(5-3-15)27-13-20(26)6-1-8-24(9-7-20)19(25)14-10-16(22)12-17(23)11-14/h2-5,10-12,26H,1,6-9,13H2. The Labute approximate surface area is 155 Å². The Kier molecular flexibility index (Phi) is 5.70. The topological polar surface area (TPSA) is 49.8 Å². The van der Waals surface area contributed by atoms with Crippen molar-refractivity contribution >= 4 is 5.91 Å². The van der Waals surface area contributed by atoms with Crippen molar-refractivity contribution in [3.05, 3.63) is 65.5 Å². The Morgan fingerprint density at radius 3 is 2.33 bits per heavy atom. The minimum Gasteiger partial charge on any atom is -0.491 e. The van der Waals surface area contributed by atoms with E-state index in [9.17, 15) is 23.1 Å². The van der Waals surface area contributed by atoms with E-state index in [1.807, 2.05) is 0 Å². The van der Waals surface area contributed by atoms with Crippen LogP contribution in [0.1, 0.15) is 29.6 Å². The lowest BCUT2D eigenvalue weighted by Gasteiger charge is -2.27. The summed E-state index contributed by atoms with van der Waals surface area (Å²) in [5.41, 5.74) is -1.20. The number of halogens is 3. The lowest BCUT2D eigenvalue weighted by molar-refractivity contribution is -0.0163. The lowest BCUT2D eigenvalue weighted by Crippen LogP contribution is -2.38. The summed E-state index contributed by atoms with van der Waals surface area (Å²) in [4.78, 5) is 14.0. The van der Waals surface area contributed by atoms with Crippen molar-refractivity contribution in [3.63, 3.8) is 0 Å². The second-order valence-electron chi connectivity index (χ2n) is 6.77. The van der Waals surface area contributed by atoms with Crippen molar-refractivity contribution in [2.24, 2.45) is 0 Å². The molecule has 1 N–H and O–H groups in total. The van der Waals surface area contributed by atoms with Crippen LogP contribution in [-0.2, 0) is 0 Å². The van der Waals surface area contributed by atoms with E-state index in [1.165, 1.54) is 29.2 Å². The Morgan fingerprint density at radius 2 is 1.67 bits per heavy atom. The van der Waals surface area contributed by atoms with Gasteiger partial charge in [-0.2, -0.15) is 0 Å². The normalized spacial score (nSPS) is 20.2. The molecule has 4 nitrogen and oxygen atoms in total. The van der Waals surface area contributed by atoms with Gasteiger partial charge < -0.3 is 14.7 Å². The molecule has 2 aromatic rings. The van der Waals surface area contributed by atoms with E-state index in [2.05, 4.69) is 0 Å². The Morgan fingerprint density at radius 1 is 1.00 bits per heavy atom. The van der Waals surface area contributed by atoms with Crippen LogP contribution in [-0.4, -0.2) is 41.2 Å². The van der Waals surface area contributed by atoms with Crippen LogP contribution >= 0.6 is 0 Å². The maximum atomic E-state index is 13.4. The number of benzene rings is 2. The van der Waals surface area contributed by atoms with E-state index in [0.717, 1.165) is 12.1 Å². The molecule has 1 aliphatic rings. The first-order valence-corrected chi connectivity index (χ1v) is 8.71. The highest BCUT2D eigenvalue weighted by Gasteiger charge is 2.32. The molecule has 0 aromatic heterocycles. The van der Waals surface area contributed by atoms with Crippen LogP contribution in [0, 0.1) is 17.5 Å². The predicted octanol–water partition coefficient (Wildman–Crippen LogP) is 3.54. The average Bonchev–Trinajstić information content (AvgIpc) is 2.82. The third-order valence-electron chi connectivity index (χ3n) is 4.64. The van der Waals surface area contributed by atoms with Crippen molar-refractivity contribution in [2.45, 2.75) is 24.9 Å². The molecule has 0 saturated carbocycles. The van der Waals surface area contributed by atoms with Crippen LogP contribution in [0.25, 0.3) is 0 Å². The lowest BCUT2D eigenvalue weighted by atomic mass is 9.96. The highest BCUT2D eigenvalue weighted by atomic mass is 19.1. The summed E-state index contributed by atoms with van der Waals surface area (Å²) >= 11 is 0.